The summed E-state index contributed by atoms with van der Waals surface area (Å²) in [5, 5.41) is 38.6. The van der Waals surface area contributed by atoms with Crippen LogP contribution in [0.1, 0.15) is 117 Å². The predicted octanol–water partition coefficient (Wildman–Crippen LogP) is 1.08. The average molecular weight is 1900 g/mol. The number of ether oxygens (including phenoxy) is 12. The molecule has 0 saturated heterocycles. The fraction of sp³-hybridized carbons (Fsp3) is 0.516. The Morgan fingerprint density at radius 2 is 0.547 bits per heavy atom. The van der Waals surface area contributed by atoms with Crippen LogP contribution in [0.3, 0.4) is 0 Å². The molecule has 0 aliphatic carbocycles. The Morgan fingerprint density at radius 1 is 0.314 bits per heavy atom. The molecule has 10 amide bonds. The number of carbonyl (C=O) groups is 10. The lowest BCUT2D eigenvalue weighted by Crippen LogP contribution is -2.31. The summed E-state index contributed by atoms with van der Waals surface area (Å²) in [5.74, 6) is 18.7. The molecule has 4 aromatic rings. The number of likely N-dealkylation sites (N-methyl/N-ethyl adjacent to an activating group) is 4. The van der Waals surface area contributed by atoms with Gasteiger partial charge in [0.25, 0.3) is 23.6 Å². The van der Waals surface area contributed by atoms with E-state index in [0.29, 0.717) is 150 Å². The van der Waals surface area contributed by atoms with E-state index in [-0.39, 0.29) is 182 Å². The summed E-state index contributed by atoms with van der Waals surface area (Å²) in [4.78, 5) is 116. The topological polar surface area (TPSA) is 450 Å². The van der Waals surface area contributed by atoms with Gasteiger partial charge in [0.15, 0.2) is 23.5 Å². The van der Waals surface area contributed by atoms with E-state index < -0.39 is 0 Å². The lowest BCUT2D eigenvalue weighted by Gasteiger charge is -2.15. The maximum Gasteiger partial charge on any atom is 0.251 e. The summed E-state index contributed by atoms with van der Waals surface area (Å²) in [6, 6.07) is 27.8. The van der Waals surface area contributed by atoms with Crippen LogP contribution < -0.4 is 93.4 Å². The third-order valence-electron chi connectivity index (χ3n) is 16.9. The first-order valence-electron chi connectivity index (χ1n) is 44.4. The molecule has 0 spiro atoms. The van der Waals surface area contributed by atoms with Crippen LogP contribution in [0.25, 0.3) is 0 Å². The molecule has 4 rings (SSSR count). The number of nitrogens with one attached hydrogen (secondary N) is 14. The molecule has 742 valence electrons. The van der Waals surface area contributed by atoms with Gasteiger partial charge in [-0.3, -0.25) is 47.9 Å². The minimum Gasteiger partial charge on any atom is -0.491 e. The second kappa shape index (κ2) is 91.0. The molecule has 0 fully saturated rings. The summed E-state index contributed by atoms with van der Waals surface area (Å²) in [6.45, 7) is 24.5. The Kier molecular flexibility index (Phi) is 86.2. The van der Waals surface area contributed by atoms with Crippen LogP contribution in [-0.4, -0.2) is 355 Å². The largest absolute Gasteiger partial charge is 0.491 e. The van der Waals surface area contributed by atoms with Gasteiger partial charge < -0.3 is 131 Å². The first-order chi connectivity index (χ1) is 65.7. The second-order valence-electron chi connectivity index (χ2n) is 28.6. The molecule has 0 aromatic heterocycles. The van der Waals surface area contributed by atoms with Crippen molar-refractivity contribution in [1.82, 2.24) is 74.4 Å². The summed E-state index contributed by atoms with van der Waals surface area (Å²) >= 11 is 0. The molecule has 0 heterocycles. The fourth-order valence-corrected chi connectivity index (χ4v) is 9.23. The van der Waals surface area contributed by atoms with Gasteiger partial charge in [-0.2, -0.15) is 17.5 Å². The van der Waals surface area contributed by atoms with Crippen molar-refractivity contribution in [2.24, 2.45) is 0 Å². The molecular formula is C95H142B6N14O22. The Bertz CT molecular complexity index is 4250. The summed E-state index contributed by atoms with van der Waals surface area (Å²) in [5.41, 5.74) is 2.13. The van der Waals surface area contributed by atoms with E-state index >= 15 is 0 Å². The average Bonchev–Trinajstić information content (AvgIpc) is 0.893. The monoisotopic (exact) mass is 1900 g/mol. The highest BCUT2D eigenvalue weighted by Gasteiger charge is 2.16. The molecule has 36 nitrogen and oxygen atoms in total. The van der Waals surface area contributed by atoms with E-state index in [0.717, 1.165) is 12.8 Å². The highest BCUT2D eigenvalue weighted by atomic mass is 16.6. The van der Waals surface area contributed by atoms with Crippen molar-refractivity contribution < 1.29 is 105 Å². The van der Waals surface area contributed by atoms with Gasteiger partial charge in [0.2, 0.25) is 35.4 Å². The van der Waals surface area contributed by atoms with Crippen LogP contribution in [0.15, 0.2) is 133 Å². The minimum absolute atomic E-state index is 0. The van der Waals surface area contributed by atoms with Crippen molar-refractivity contribution in [2.75, 3.05) is 212 Å². The molecule has 0 aliphatic heterocycles. The number of carbonyl (C=O) groups excluding carboxylic acids is 10. The van der Waals surface area contributed by atoms with Crippen molar-refractivity contribution in [3.05, 3.63) is 155 Å². The van der Waals surface area contributed by atoms with Gasteiger partial charge in [-0.1, -0.05) is 81.5 Å². The Balaban J connectivity index is -0.00000161. The van der Waals surface area contributed by atoms with Gasteiger partial charge in [0.05, 0.1) is 82.7 Å². The molecule has 6 atom stereocenters. The highest BCUT2D eigenvalue weighted by Crippen LogP contribution is 2.18. The van der Waals surface area contributed by atoms with Crippen LogP contribution in [0.2, 0.25) is 0 Å². The molecule has 14 N–H and O–H groups in total. The van der Waals surface area contributed by atoms with E-state index in [1.807, 2.05) is 69.7 Å². The van der Waals surface area contributed by atoms with Gasteiger partial charge in [-0.05, 0) is 155 Å². The summed E-state index contributed by atoms with van der Waals surface area (Å²) in [6.07, 6.45) is 6.07. The lowest BCUT2D eigenvalue weighted by atomic mass is 10.1. The lowest BCUT2D eigenvalue weighted by molar-refractivity contribution is -0.128. The van der Waals surface area contributed by atoms with Crippen LogP contribution in [-0.2, 0) is 66.7 Å². The smallest absolute Gasteiger partial charge is 0.251 e. The number of rotatable bonds is 63. The third kappa shape index (κ3) is 78.3. The van der Waals surface area contributed by atoms with Gasteiger partial charge in [0.1, 0.15) is 113 Å². The first-order valence-corrected chi connectivity index (χ1v) is 44.4. The van der Waals surface area contributed by atoms with E-state index in [2.05, 4.69) is 110 Å². The van der Waals surface area contributed by atoms with Crippen LogP contribution in [0.5, 0.6) is 23.0 Å². The molecule has 0 aliphatic rings. The SMILES string of the molecule is C.[B]/C=C/CNC(=O)COC(C)CC.[B]/C=C/CNC(=O)COC(C)COc1cccc(C(=O)NCCNC)c1.[B]/C=C/CNC(=O)COCCOC(C)COc1cccc(C(=O)NCCNC)c1.[B]C#CCNC(=O)COC(C)CC.[B]C#CCNC(=O)COC(C)COc1cccc(C(=O)NCCNC)c1.[B]C#CCNC(=O)COCCOC(C)COc1cccc(C(=O)NCCNC)c1. The van der Waals surface area contributed by atoms with Gasteiger partial charge >= 0.3 is 0 Å². The standard InChI is InChI=1S/C20H30BN3O5.C20H28BN3O5.C18H26BN3O4.C18H24BN3O4.C9H16BNO2.C9H14BNO2.CH4/c2*1-16(28-12-11-27-15-19(25)23-8-4-7-21)14-29-18-6-3-5-17(13-18)20(26)24-10-9-22-2;2*1-14(25-13-17(23)21-8-4-7-19)12-26-16-6-3-5-15(11-16)18(24)22-10-9-20-2;2*1-3-8(2)13-7-9(12)11-6-4-5-10;/h3-7,13,16,22H,8-12,14-15H2,1-2H3,(H,23,25)(H,24,26);3,5-6,13,16,22H,8-12,14-15H2,1-2H3,(H,23,25)(H,24,26);3-7,11,14,20H,8-10,12-13H2,1-2H3,(H,21,23)(H,22,24);3,5-6,11,14,20H,8-10,12-13H2,1-2H3,(H,21,23)(H,22,24);4-5,8H,3,6-7H2,1-2H3,(H,11,12);8H,3,6-7H2,1-2H3,(H,11,12);1H4/b7-4+;;7-4+;;5-4+;;. The summed E-state index contributed by atoms with van der Waals surface area (Å²) in [7, 11) is 37.7. The minimum atomic E-state index is -0.297. The van der Waals surface area contributed by atoms with Crippen LogP contribution in [0, 0.1) is 35.2 Å². The molecule has 4 aromatic carbocycles. The quantitative estimate of drug-likeness (QED) is 0.0167. The fourth-order valence-electron chi connectivity index (χ4n) is 9.23. The molecule has 0 saturated carbocycles. The molecule has 137 heavy (non-hydrogen) atoms. The molecule has 6 unspecified atom stereocenters. The van der Waals surface area contributed by atoms with Crippen LogP contribution >= 0.6 is 0 Å². The maximum atomic E-state index is 12.1. The van der Waals surface area contributed by atoms with Crippen molar-refractivity contribution in [2.45, 2.75) is 112 Å². The van der Waals surface area contributed by atoms with Crippen molar-refractivity contribution in [1.29, 1.82) is 0 Å². The zero-order chi connectivity index (χ0) is 101. The highest BCUT2D eigenvalue weighted by molar-refractivity contribution is 6.22. The van der Waals surface area contributed by atoms with E-state index in [4.69, 9.17) is 104 Å². The van der Waals surface area contributed by atoms with E-state index in [1.165, 1.54) is 17.9 Å². The second-order valence-corrected chi connectivity index (χ2v) is 28.6. The van der Waals surface area contributed by atoms with Crippen LogP contribution in [0.4, 0.5) is 0 Å². The normalized spacial score (nSPS) is 11.5. The molecule has 0 bridgehead atoms. The number of amides is 10. The third-order valence-corrected chi connectivity index (χ3v) is 16.9. The molecule has 12 radical (unpaired) electrons. The Labute approximate surface area is 819 Å². The zero-order valence-corrected chi connectivity index (χ0v) is 80.8. The van der Waals surface area contributed by atoms with Crippen molar-refractivity contribution in [3.63, 3.8) is 0 Å². The first kappa shape index (κ1) is 130. The number of hydrogen-bond donors (Lipinski definition) is 14. The number of hydrogen-bond acceptors (Lipinski definition) is 26. The van der Waals surface area contributed by atoms with E-state index in [1.54, 1.807) is 129 Å². The maximum absolute atomic E-state index is 12.1. The Hall–Kier alpha value is -11.4. The predicted molar refractivity (Wildman–Crippen MR) is 538 cm³/mol. The molecular weight excluding hydrogens is 1750 g/mol. The van der Waals surface area contributed by atoms with Gasteiger partial charge in [-0.15, -0.1) is 17.9 Å². The van der Waals surface area contributed by atoms with E-state index in [9.17, 15) is 47.9 Å². The number of benzene rings is 4. The van der Waals surface area contributed by atoms with Crippen molar-refractivity contribution >= 4 is 106 Å². The zero-order valence-electron chi connectivity index (χ0n) is 80.8. The van der Waals surface area contributed by atoms with Gasteiger partial charge in [-0.25, -0.2) is 0 Å². The van der Waals surface area contributed by atoms with Crippen molar-refractivity contribution in [3.8, 4) is 58.2 Å². The van der Waals surface area contributed by atoms with Gasteiger partial charge in [0, 0.05) is 94.2 Å². The molecule has 42 heteroatoms. The Morgan fingerprint density at radius 3 is 0.788 bits per heavy atom. The summed E-state index contributed by atoms with van der Waals surface area (Å²) < 4.78 is 65.5.